The summed E-state index contributed by atoms with van der Waals surface area (Å²) in [6.45, 7) is 2.92. The van der Waals surface area contributed by atoms with Crippen LogP contribution in [-0.4, -0.2) is 19.0 Å². The second kappa shape index (κ2) is 5.17. The highest BCUT2D eigenvalue weighted by atomic mass is 35.5. The second-order valence-corrected chi connectivity index (χ2v) is 5.06. The zero-order chi connectivity index (χ0) is 14.1. The van der Waals surface area contributed by atoms with Crippen molar-refractivity contribution in [2.24, 2.45) is 0 Å². The molecule has 2 aromatic rings. The molecular formula is C16H13ClO3. The Labute approximate surface area is 122 Å². The SMILES string of the molecule is Cc1cc(C(=O)c2ccc3c(c2)OCCO3)ccc1Cl. The maximum Gasteiger partial charge on any atom is 0.193 e. The summed E-state index contributed by atoms with van der Waals surface area (Å²) >= 11 is 5.98. The van der Waals surface area contributed by atoms with E-state index in [0.29, 0.717) is 40.9 Å². The first-order valence-electron chi connectivity index (χ1n) is 6.35. The van der Waals surface area contributed by atoms with Gasteiger partial charge in [-0.15, -0.1) is 0 Å². The highest BCUT2D eigenvalue weighted by Gasteiger charge is 2.16. The minimum atomic E-state index is -0.0539. The van der Waals surface area contributed by atoms with Gasteiger partial charge in [0.1, 0.15) is 13.2 Å². The van der Waals surface area contributed by atoms with Gasteiger partial charge in [-0.3, -0.25) is 4.79 Å². The summed E-state index contributed by atoms with van der Waals surface area (Å²) < 4.78 is 10.9. The van der Waals surface area contributed by atoms with Crippen LogP contribution in [-0.2, 0) is 0 Å². The van der Waals surface area contributed by atoms with Gasteiger partial charge in [0.25, 0.3) is 0 Å². The first-order valence-corrected chi connectivity index (χ1v) is 6.73. The van der Waals surface area contributed by atoms with Gasteiger partial charge in [-0.05, 0) is 48.9 Å². The highest BCUT2D eigenvalue weighted by molar-refractivity contribution is 6.31. The van der Waals surface area contributed by atoms with Crippen LogP contribution in [0.15, 0.2) is 36.4 Å². The average molecular weight is 289 g/mol. The monoisotopic (exact) mass is 288 g/mol. The number of fused-ring (bicyclic) bond motifs is 1. The number of hydrogen-bond donors (Lipinski definition) is 0. The summed E-state index contributed by atoms with van der Waals surface area (Å²) in [6.07, 6.45) is 0. The van der Waals surface area contributed by atoms with Crippen LogP contribution in [0.2, 0.25) is 5.02 Å². The van der Waals surface area contributed by atoms with Crippen molar-refractivity contribution in [3.8, 4) is 11.5 Å². The molecule has 0 spiro atoms. The van der Waals surface area contributed by atoms with Gasteiger partial charge >= 0.3 is 0 Å². The number of carbonyl (C=O) groups excluding carboxylic acids is 1. The number of ether oxygens (including phenoxy) is 2. The Kier molecular flexibility index (Phi) is 3.36. The average Bonchev–Trinajstić information content (AvgIpc) is 2.49. The summed E-state index contributed by atoms with van der Waals surface area (Å²) in [5.41, 5.74) is 2.08. The number of carbonyl (C=O) groups is 1. The lowest BCUT2D eigenvalue weighted by molar-refractivity contribution is 0.103. The topological polar surface area (TPSA) is 35.5 Å². The minimum absolute atomic E-state index is 0.0539. The number of halogens is 1. The summed E-state index contributed by atoms with van der Waals surface area (Å²) in [4.78, 5) is 12.5. The molecule has 0 aliphatic carbocycles. The van der Waals surface area contributed by atoms with Gasteiger partial charge < -0.3 is 9.47 Å². The summed E-state index contributed by atoms with van der Waals surface area (Å²) in [5, 5.41) is 0.656. The lowest BCUT2D eigenvalue weighted by Crippen LogP contribution is -2.15. The molecule has 0 fully saturated rings. The van der Waals surface area contributed by atoms with E-state index >= 15 is 0 Å². The zero-order valence-electron chi connectivity index (χ0n) is 11.0. The van der Waals surface area contributed by atoms with Crippen LogP contribution in [0.25, 0.3) is 0 Å². The molecule has 0 bridgehead atoms. The van der Waals surface area contributed by atoms with Gasteiger partial charge in [-0.25, -0.2) is 0 Å². The van der Waals surface area contributed by atoms with Crippen LogP contribution in [0.1, 0.15) is 21.5 Å². The van der Waals surface area contributed by atoms with Crippen molar-refractivity contribution < 1.29 is 14.3 Å². The smallest absolute Gasteiger partial charge is 0.193 e. The molecule has 2 aromatic carbocycles. The van der Waals surface area contributed by atoms with Gasteiger partial charge in [0.05, 0.1) is 0 Å². The van der Waals surface area contributed by atoms with E-state index in [9.17, 15) is 4.79 Å². The fourth-order valence-corrected chi connectivity index (χ4v) is 2.25. The molecule has 20 heavy (non-hydrogen) atoms. The largest absolute Gasteiger partial charge is 0.486 e. The fourth-order valence-electron chi connectivity index (χ4n) is 2.14. The Morgan fingerprint density at radius 1 is 1.00 bits per heavy atom. The van der Waals surface area contributed by atoms with Crippen molar-refractivity contribution in [1.82, 2.24) is 0 Å². The number of ketones is 1. The molecule has 3 rings (SSSR count). The molecule has 0 saturated heterocycles. The van der Waals surface area contributed by atoms with Gasteiger partial charge in [0, 0.05) is 16.1 Å². The quantitative estimate of drug-likeness (QED) is 0.791. The molecule has 0 unspecified atom stereocenters. The lowest BCUT2D eigenvalue weighted by atomic mass is 10.0. The molecule has 4 heteroatoms. The van der Waals surface area contributed by atoms with Crippen LogP contribution < -0.4 is 9.47 Å². The predicted molar refractivity (Wildman–Crippen MR) is 77.1 cm³/mol. The molecule has 1 aliphatic heterocycles. The van der Waals surface area contributed by atoms with Crippen LogP contribution in [0.4, 0.5) is 0 Å². The maximum absolute atomic E-state index is 12.5. The molecule has 0 radical (unpaired) electrons. The van der Waals surface area contributed by atoms with E-state index in [1.165, 1.54) is 0 Å². The van der Waals surface area contributed by atoms with E-state index in [1.807, 2.05) is 6.92 Å². The molecular weight excluding hydrogens is 276 g/mol. The Bertz CT molecular complexity index is 679. The zero-order valence-corrected chi connectivity index (χ0v) is 11.7. The number of hydrogen-bond acceptors (Lipinski definition) is 3. The number of benzene rings is 2. The molecule has 102 valence electrons. The molecule has 0 amide bonds. The van der Waals surface area contributed by atoms with Crippen LogP contribution >= 0.6 is 11.6 Å². The van der Waals surface area contributed by atoms with E-state index in [-0.39, 0.29) is 5.78 Å². The third kappa shape index (κ3) is 2.37. The van der Waals surface area contributed by atoms with Crippen molar-refractivity contribution in [2.75, 3.05) is 13.2 Å². The summed E-state index contributed by atoms with van der Waals surface area (Å²) in [7, 11) is 0. The summed E-state index contributed by atoms with van der Waals surface area (Å²) in [5.74, 6) is 1.25. The Hall–Kier alpha value is -2.00. The number of aryl methyl sites for hydroxylation is 1. The van der Waals surface area contributed by atoms with Crippen molar-refractivity contribution >= 4 is 17.4 Å². The van der Waals surface area contributed by atoms with E-state index in [2.05, 4.69) is 0 Å². The van der Waals surface area contributed by atoms with Crippen LogP contribution in [0, 0.1) is 6.92 Å². The highest BCUT2D eigenvalue weighted by Crippen LogP contribution is 2.31. The molecule has 0 atom stereocenters. The van der Waals surface area contributed by atoms with Crippen molar-refractivity contribution in [3.05, 3.63) is 58.1 Å². The van der Waals surface area contributed by atoms with Crippen LogP contribution in [0.5, 0.6) is 11.5 Å². The molecule has 0 N–H and O–H groups in total. The predicted octanol–water partition coefficient (Wildman–Crippen LogP) is 3.65. The summed E-state index contributed by atoms with van der Waals surface area (Å²) in [6, 6.07) is 10.5. The molecule has 3 nitrogen and oxygen atoms in total. The molecule has 0 aromatic heterocycles. The van der Waals surface area contributed by atoms with E-state index in [0.717, 1.165) is 5.56 Å². The Morgan fingerprint density at radius 3 is 2.40 bits per heavy atom. The normalized spacial score (nSPS) is 13.1. The third-order valence-corrected chi connectivity index (χ3v) is 3.65. The van der Waals surface area contributed by atoms with Crippen molar-refractivity contribution in [2.45, 2.75) is 6.92 Å². The van der Waals surface area contributed by atoms with Crippen molar-refractivity contribution in [3.63, 3.8) is 0 Å². The first-order chi connectivity index (χ1) is 9.65. The Morgan fingerprint density at radius 2 is 1.65 bits per heavy atom. The van der Waals surface area contributed by atoms with Gasteiger partial charge in [-0.2, -0.15) is 0 Å². The molecule has 1 heterocycles. The van der Waals surface area contributed by atoms with E-state index < -0.39 is 0 Å². The van der Waals surface area contributed by atoms with Crippen molar-refractivity contribution in [1.29, 1.82) is 0 Å². The standard InChI is InChI=1S/C16H13ClO3/c1-10-8-11(2-4-13(10)17)16(18)12-3-5-14-15(9-12)20-7-6-19-14/h2-5,8-9H,6-7H2,1H3. The molecule has 0 saturated carbocycles. The van der Waals surface area contributed by atoms with Crippen LogP contribution in [0.3, 0.4) is 0 Å². The van der Waals surface area contributed by atoms with Gasteiger partial charge in [-0.1, -0.05) is 11.6 Å². The van der Waals surface area contributed by atoms with E-state index in [1.54, 1.807) is 36.4 Å². The van der Waals surface area contributed by atoms with E-state index in [4.69, 9.17) is 21.1 Å². The number of rotatable bonds is 2. The van der Waals surface area contributed by atoms with Gasteiger partial charge in [0.2, 0.25) is 0 Å². The Balaban J connectivity index is 1.95. The first kappa shape index (κ1) is 13.0. The molecule has 1 aliphatic rings. The minimum Gasteiger partial charge on any atom is -0.486 e. The fraction of sp³-hybridized carbons (Fsp3) is 0.188. The lowest BCUT2D eigenvalue weighted by Gasteiger charge is -2.18. The third-order valence-electron chi connectivity index (χ3n) is 3.22. The maximum atomic E-state index is 12.5. The van der Waals surface area contributed by atoms with Gasteiger partial charge in [0.15, 0.2) is 17.3 Å². The second-order valence-electron chi connectivity index (χ2n) is 4.65.